The fourth-order valence-corrected chi connectivity index (χ4v) is 3.85. The molecule has 1 fully saturated rings. The maximum Gasteiger partial charge on any atom is 0.221 e. The largest absolute Gasteiger partial charge is 0.497 e. The Morgan fingerprint density at radius 1 is 1.07 bits per heavy atom. The average Bonchev–Trinajstić information content (AvgIpc) is 2.74. The first-order chi connectivity index (χ1) is 14.1. The molecule has 1 heterocycles. The number of carbonyl (C=O) groups is 1. The number of primary amides is 1. The highest BCUT2D eigenvalue weighted by Gasteiger charge is 2.23. The first-order valence-corrected chi connectivity index (χ1v) is 10.1. The smallest absolute Gasteiger partial charge is 0.221 e. The quantitative estimate of drug-likeness (QED) is 0.680. The molecule has 0 aromatic heterocycles. The lowest BCUT2D eigenvalue weighted by Crippen LogP contribution is -2.40. The molecule has 1 aliphatic heterocycles. The zero-order valence-corrected chi connectivity index (χ0v) is 17.3. The van der Waals surface area contributed by atoms with Gasteiger partial charge in [-0.2, -0.15) is 0 Å². The number of methoxy groups -OCH3 is 2. The van der Waals surface area contributed by atoms with E-state index < -0.39 is 0 Å². The maximum atomic E-state index is 11.5. The minimum atomic E-state index is -0.179. The second-order valence-corrected chi connectivity index (χ2v) is 7.62. The van der Waals surface area contributed by atoms with Crippen molar-refractivity contribution in [1.29, 1.82) is 0 Å². The van der Waals surface area contributed by atoms with Crippen LogP contribution in [0.3, 0.4) is 0 Å². The minimum absolute atomic E-state index is 0.0199. The second kappa shape index (κ2) is 10.3. The van der Waals surface area contributed by atoms with E-state index in [0.717, 1.165) is 62.6 Å². The molecule has 6 heteroatoms. The van der Waals surface area contributed by atoms with E-state index in [1.54, 1.807) is 14.2 Å². The molecule has 0 aliphatic carbocycles. The van der Waals surface area contributed by atoms with Gasteiger partial charge >= 0.3 is 0 Å². The number of nitrogens with zero attached hydrogens (tertiary/aromatic N) is 1. The number of hydrogen-bond acceptors (Lipinski definition) is 5. The number of rotatable bonds is 9. The van der Waals surface area contributed by atoms with Crippen molar-refractivity contribution in [3.8, 4) is 11.5 Å². The third kappa shape index (κ3) is 6.21. The number of nitrogens with two attached hydrogens (primary N) is 1. The summed E-state index contributed by atoms with van der Waals surface area (Å²) in [5.41, 5.74) is 9.11. The number of hydrogen-bond donors (Lipinski definition) is 2. The molecule has 0 spiro atoms. The van der Waals surface area contributed by atoms with E-state index in [9.17, 15) is 4.79 Å². The summed E-state index contributed by atoms with van der Waals surface area (Å²) in [6, 6.07) is 14.5. The fourth-order valence-electron chi connectivity index (χ4n) is 3.85. The monoisotopic (exact) mass is 397 g/mol. The zero-order valence-electron chi connectivity index (χ0n) is 17.3. The number of benzene rings is 2. The van der Waals surface area contributed by atoms with Crippen LogP contribution in [-0.4, -0.2) is 38.1 Å². The van der Waals surface area contributed by atoms with E-state index in [4.69, 9.17) is 15.2 Å². The van der Waals surface area contributed by atoms with Crippen LogP contribution in [0.5, 0.6) is 11.5 Å². The SMILES string of the molecule is COc1cc(CNCc2cccc(CN3CCCC(C(N)=O)C3)c2)cc(OC)c1. The number of amides is 1. The summed E-state index contributed by atoms with van der Waals surface area (Å²) in [5, 5.41) is 3.49. The van der Waals surface area contributed by atoms with Crippen LogP contribution in [-0.2, 0) is 24.4 Å². The minimum Gasteiger partial charge on any atom is -0.497 e. The van der Waals surface area contributed by atoms with Crippen LogP contribution < -0.4 is 20.5 Å². The molecule has 1 unspecified atom stereocenters. The van der Waals surface area contributed by atoms with Crippen LogP contribution in [0, 0.1) is 5.92 Å². The highest BCUT2D eigenvalue weighted by atomic mass is 16.5. The molecular weight excluding hydrogens is 366 g/mol. The third-order valence-corrected chi connectivity index (χ3v) is 5.37. The molecule has 2 aromatic carbocycles. The molecule has 1 atom stereocenters. The maximum absolute atomic E-state index is 11.5. The molecule has 3 rings (SSSR count). The van der Waals surface area contributed by atoms with Gasteiger partial charge in [-0.25, -0.2) is 0 Å². The summed E-state index contributed by atoms with van der Waals surface area (Å²) >= 11 is 0. The van der Waals surface area contributed by atoms with Crippen LogP contribution in [0.15, 0.2) is 42.5 Å². The molecule has 0 bridgehead atoms. The molecule has 29 heavy (non-hydrogen) atoms. The van der Waals surface area contributed by atoms with Crippen molar-refractivity contribution in [3.63, 3.8) is 0 Å². The van der Waals surface area contributed by atoms with Gasteiger partial charge in [-0.15, -0.1) is 0 Å². The van der Waals surface area contributed by atoms with Gasteiger partial charge in [0.25, 0.3) is 0 Å². The molecular formula is C23H31N3O3. The highest BCUT2D eigenvalue weighted by molar-refractivity contribution is 5.76. The van der Waals surface area contributed by atoms with Crippen molar-refractivity contribution in [1.82, 2.24) is 10.2 Å². The normalized spacial score (nSPS) is 17.1. The van der Waals surface area contributed by atoms with E-state index in [2.05, 4.69) is 34.5 Å². The van der Waals surface area contributed by atoms with Gasteiger partial charge in [-0.05, 0) is 48.2 Å². The molecule has 2 aromatic rings. The summed E-state index contributed by atoms with van der Waals surface area (Å²) < 4.78 is 10.7. The summed E-state index contributed by atoms with van der Waals surface area (Å²) in [6.07, 6.45) is 1.93. The predicted octanol–water partition coefficient (Wildman–Crippen LogP) is 2.69. The van der Waals surface area contributed by atoms with Crippen LogP contribution in [0.4, 0.5) is 0 Å². The van der Waals surface area contributed by atoms with Gasteiger partial charge in [0.2, 0.25) is 5.91 Å². The van der Waals surface area contributed by atoms with Crippen molar-refractivity contribution < 1.29 is 14.3 Å². The molecule has 1 saturated heterocycles. The topological polar surface area (TPSA) is 76.8 Å². The van der Waals surface area contributed by atoms with Gasteiger partial charge in [0.15, 0.2) is 0 Å². The molecule has 3 N–H and O–H groups in total. The van der Waals surface area contributed by atoms with E-state index in [-0.39, 0.29) is 11.8 Å². The lowest BCUT2D eigenvalue weighted by atomic mass is 9.97. The lowest BCUT2D eigenvalue weighted by molar-refractivity contribution is -0.123. The molecule has 0 radical (unpaired) electrons. The molecule has 0 saturated carbocycles. The molecule has 1 aliphatic rings. The number of carbonyl (C=O) groups excluding carboxylic acids is 1. The number of nitrogens with one attached hydrogen (secondary N) is 1. The van der Waals surface area contributed by atoms with Crippen molar-refractivity contribution >= 4 is 5.91 Å². The van der Waals surface area contributed by atoms with E-state index in [1.807, 2.05) is 18.2 Å². The second-order valence-electron chi connectivity index (χ2n) is 7.62. The van der Waals surface area contributed by atoms with Crippen molar-refractivity contribution in [2.24, 2.45) is 11.7 Å². The van der Waals surface area contributed by atoms with Gasteiger partial charge < -0.3 is 20.5 Å². The Balaban J connectivity index is 1.54. The van der Waals surface area contributed by atoms with Crippen LogP contribution >= 0.6 is 0 Å². The van der Waals surface area contributed by atoms with E-state index >= 15 is 0 Å². The Morgan fingerprint density at radius 2 is 1.76 bits per heavy atom. The third-order valence-electron chi connectivity index (χ3n) is 5.37. The predicted molar refractivity (Wildman–Crippen MR) is 114 cm³/mol. The number of likely N-dealkylation sites (tertiary alicyclic amines) is 1. The van der Waals surface area contributed by atoms with Gasteiger partial charge in [0.05, 0.1) is 20.1 Å². The lowest BCUT2D eigenvalue weighted by Gasteiger charge is -2.31. The average molecular weight is 398 g/mol. The summed E-state index contributed by atoms with van der Waals surface area (Å²) in [6.45, 7) is 4.13. The Kier molecular flexibility index (Phi) is 7.49. The van der Waals surface area contributed by atoms with E-state index in [1.165, 1.54) is 11.1 Å². The molecule has 6 nitrogen and oxygen atoms in total. The van der Waals surface area contributed by atoms with Gasteiger partial charge in [0, 0.05) is 32.2 Å². The first-order valence-electron chi connectivity index (χ1n) is 10.1. The fraction of sp³-hybridized carbons (Fsp3) is 0.435. The van der Waals surface area contributed by atoms with E-state index in [0.29, 0.717) is 0 Å². The Bertz CT molecular complexity index is 803. The molecule has 156 valence electrons. The summed E-state index contributed by atoms with van der Waals surface area (Å²) in [5.74, 6) is 1.38. The van der Waals surface area contributed by atoms with Crippen LogP contribution in [0.2, 0.25) is 0 Å². The Labute approximate surface area is 173 Å². The number of ether oxygens (including phenoxy) is 2. The molecule has 1 amide bonds. The van der Waals surface area contributed by atoms with Gasteiger partial charge in [-0.3, -0.25) is 9.69 Å². The Hall–Kier alpha value is -2.57. The van der Waals surface area contributed by atoms with Crippen molar-refractivity contribution in [2.45, 2.75) is 32.5 Å². The van der Waals surface area contributed by atoms with Crippen LogP contribution in [0.1, 0.15) is 29.5 Å². The van der Waals surface area contributed by atoms with Crippen molar-refractivity contribution in [3.05, 3.63) is 59.2 Å². The summed E-state index contributed by atoms with van der Waals surface area (Å²) in [4.78, 5) is 13.8. The summed E-state index contributed by atoms with van der Waals surface area (Å²) in [7, 11) is 3.32. The van der Waals surface area contributed by atoms with Crippen LogP contribution in [0.25, 0.3) is 0 Å². The zero-order chi connectivity index (χ0) is 20.6. The van der Waals surface area contributed by atoms with Gasteiger partial charge in [-0.1, -0.05) is 24.3 Å². The highest BCUT2D eigenvalue weighted by Crippen LogP contribution is 2.22. The van der Waals surface area contributed by atoms with Gasteiger partial charge in [0.1, 0.15) is 11.5 Å². The Morgan fingerprint density at radius 3 is 2.45 bits per heavy atom. The number of piperidine rings is 1. The first kappa shape index (κ1) is 21.1. The standard InChI is InChI=1S/C23H31N3O3/c1-28-21-10-19(11-22(12-21)29-2)14-25-13-17-5-3-6-18(9-17)15-26-8-4-7-20(16-26)23(24)27/h3,5-6,9-12,20,25H,4,7-8,13-16H2,1-2H3,(H2,24,27). The van der Waals surface area contributed by atoms with Crippen molar-refractivity contribution in [2.75, 3.05) is 27.3 Å².